The highest BCUT2D eigenvalue weighted by molar-refractivity contribution is 5.77. The van der Waals surface area contributed by atoms with Crippen molar-refractivity contribution in [3.8, 4) is 0 Å². The summed E-state index contributed by atoms with van der Waals surface area (Å²) >= 11 is 0. The first-order valence-electron chi connectivity index (χ1n) is 4.34. The second-order valence-electron chi connectivity index (χ2n) is 3.54. The quantitative estimate of drug-likeness (QED) is 0.566. The third-order valence-corrected chi connectivity index (χ3v) is 2.62. The van der Waals surface area contributed by atoms with Crippen molar-refractivity contribution in [1.29, 1.82) is 0 Å². The molecule has 2 amide bonds. The first kappa shape index (κ1) is 7.74. The number of carbonyl (C=O) groups is 1. The first-order chi connectivity index (χ1) is 6.66. The number of aryl methyl sites for hydroxylation is 1. The fraction of sp³-hybridized carbons (Fsp3) is 0.571. The van der Waals surface area contributed by atoms with Gasteiger partial charge in [0.1, 0.15) is 17.4 Å². The Balaban J connectivity index is 2.12. The van der Waals surface area contributed by atoms with E-state index in [-0.39, 0.29) is 12.1 Å². The predicted octanol–water partition coefficient (Wildman–Crippen LogP) is -0.503. The van der Waals surface area contributed by atoms with Gasteiger partial charge in [-0.1, -0.05) is 0 Å². The van der Waals surface area contributed by atoms with Crippen LogP contribution in [0, 0.1) is 0 Å². The van der Waals surface area contributed by atoms with E-state index in [1.807, 2.05) is 0 Å². The van der Waals surface area contributed by atoms with Crippen LogP contribution in [0.15, 0.2) is 0 Å². The monoisotopic (exact) mass is 195 g/mol. The zero-order valence-corrected chi connectivity index (χ0v) is 7.58. The maximum Gasteiger partial charge on any atom is 0.344 e. The van der Waals surface area contributed by atoms with Crippen LogP contribution in [-0.2, 0) is 13.6 Å². The number of urea groups is 1. The van der Waals surface area contributed by atoms with E-state index in [0.29, 0.717) is 18.8 Å². The Morgan fingerprint density at radius 3 is 3.07 bits per heavy atom. The lowest BCUT2D eigenvalue weighted by Crippen LogP contribution is -2.28. The molecule has 3 heterocycles. The van der Waals surface area contributed by atoms with Crippen LogP contribution in [0.3, 0.4) is 0 Å². The summed E-state index contributed by atoms with van der Waals surface area (Å²) in [5, 5.41) is 18.5. The fourth-order valence-electron chi connectivity index (χ4n) is 1.99. The SMILES string of the molecule is Cn1nc2c(n1)C1CN(C2)C(=O)N1O. The number of hydroxylamine groups is 2. The molecule has 1 atom stereocenters. The molecule has 1 aromatic rings. The Morgan fingerprint density at radius 2 is 2.29 bits per heavy atom. The summed E-state index contributed by atoms with van der Waals surface area (Å²) in [4.78, 5) is 14.4. The first-order valence-corrected chi connectivity index (χ1v) is 4.34. The van der Waals surface area contributed by atoms with E-state index in [1.54, 1.807) is 11.9 Å². The van der Waals surface area contributed by atoms with Crippen molar-refractivity contribution in [3.63, 3.8) is 0 Å². The van der Waals surface area contributed by atoms with Crippen LogP contribution < -0.4 is 0 Å². The second-order valence-corrected chi connectivity index (χ2v) is 3.54. The highest BCUT2D eigenvalue weighted by Gasteiger charge is 2.45. The Hall–Kier alpha value is -1.63. The summed E-state index contributed by atoms with van der Waals surface area (Å²) in [6, 6.07) is -0.711. The average molecular weight is 195 g/mol. The van der Waals surface area contributed by atoms with E-state index in [2.05, 4.69) is 10.2 Å². The number of hydrogen-bond acceptors (Lipinski definition) is 4. The van der Waals surface area contributed by atoms with Gasteiger partial charge in [0.05, 0.1) is 13.1 Å². The maximum atomic E-state index is 11.4. The molecule has 14 heavy (non-hydrogen) atoms. The van der Waals surface area contributed by atoms with Crippen LogP contribution in [0.4, 0.5) is 4.79 Å². The van der Waals surface area contributed by atoms with Crippen molar-refractivity contribution in [1.82, 2.24) is 25.0 Å². The zero-order chi connectivity index (χ0) is 9.87. The van der Waals surface area contributed by atoms with E-state index in [0.717, 1.165) is 10.8 Å². The van der Waals surface area contributed by atoms with E-state index < -0.39 is 0 Å². The van der Waals surface area contributed by atoms with Crippen molar-refractivity contribution in [2.75, 3.05) is 6.54 Å². The number of rotatable bonds is 0. The molecule has 0 aliphatic carbocycles. The van der Waals surface area contributed by atoms with E-state index in [9.17, 15) is 10.0 Å². The summed E-state index contributed by atoms with van der Waals surface area (Å²) in [6.45, 7) is 0.941. The maximum absolute atomic E-state index is 11.4. The molecule has 7 nitrogen and oxygen atoms in total. The predicted molar refractivity (Wildman–Crippen MR) is 43.2 cm³/mol. The van der Waals surface area contributed by atoms with Crippen LogP contribution in [0.1, 0.15) is 17.4 Å². The Morgan fingerprint density at radius 1 is 1.50 bits per heavy atom. The van der Waals surface area contributed by atoms with Gasteiger partial charge in [0.25, 0.3) is 0 Å². The van der Waals surface area contributed by atoms with Gasteiger partial charge in [-0.25, -0.2) is 4.79 Å². The molecule has 2 aliphatic heterocycles. The number of fused-ring (bicyclic) bond motifs is 4. The normalized spacial score (nSPS) is 24.4. The van der Waals surface area contributed by atoms with E-state index >= 15 is 0 Å². The van der Waals surface area contributed by atoms with E-state index in [1.165, 1.54) is 4.80 Å². The molecule has 0 aromatic carbocycles. The van der Waals surface area contributed by atoms with Crippen LogP contribution in [-0.4, -0.2) is 42.7 Å². The summed E-state index contributed by atoms with van der Waals surface area (Å²) in [6.07, 6.45) is 0. The zero-order valence-electron chi connectivity index (χ0n) is 7.58. The Bertz CT molecular complexity index is 410. The minimum absolute atomic E-state index is 0.347. The van der Waals surface area contributed by atoms with Gasteiger partial charge >= 0.3 is 6.03 Å². The molecule has 0 saturated carbocycles. The fourth-order valence-corrected chi connectivity index (χ4v) is 1.99. The third-order valence-electron chi connectivity index (χ3n) is 2.62. The molecule has 0 radical (unpaired) electrons. The highest BCUT2D eigenvalue weighted by Crippen LogP contribution is 2.33. The van der Waals surface area contributed by atoms with Crippen molar-refractivity contribution >= 4 is 6.03 Å². The van der Waals surface area contributed by atoms with E-state index in [4.69, 9.17) is 0 Å². The molecule has 2 aliphatic rings. The molecule has 74 valence electrons. The number of amides is 2. The second kappa shape index (κ2) is 2.24. The summed E-state index contributed by atoms with van der Waals surface area (Å²) in [7, 11) is 1.73. The average Bonchev–Trinajstić information content (AvgIpc) is 2.62. The standard InChI is InChI=1S/C7H9N5O2/c1-10-8-4-2-11-3-5(6(4)9-10)12(14)7(11)13/h5,14H,2-3H2,1H3. The molecule has 1 aromatic heterocycles. The minimum atomic E-state index is -0.363. The van der Waals surface area contributed by atoms with Crippen LogP contribution >= 0.6 is 0 Å². The molecule has 3 rings (SSSR count). The number of nitrogens with zero attached hydrogens (tertiary/aromatic N) is 5. The van der Waals surface area contributed by atoms with Crippen molar-refractivity contribution in [2.45, 2.75) is 12.6 Å². The molecular formula is C7H9N5O2. The van der Waals surface area contributed by atoms with Gasteiger partial charge in [0, 0.05) is 7.05 Å². The summed E-state index contributed by atoms with van der Waals surface area (Å²) in [5.74, 6) is 0. The Labute approximate surface area is 79.5 Å². The lowest BCUT2D eigenvalue weighted by atomic mass is 10.1. The van der Waals surface area contributed by atoms with Gasteiger partial charge in [0.2, 0.25) is 0 Å². The molecule has 2 bridgehead atoms. The third kappa shape index (κ3) is 0.771. The smallest absolute Gasteiger partial charge is 0.314 e. The summed E-state index contributed by atoms with van der Waals surface area (Å²) < 4.78 is 0. The molecular weight excluding hydrogens is 186 g/mol. The Kier molecular flexibility index (Phi) is 1.24. The molecule has 1 saturated heterocycles. The van der Waals surface area contributed by atoms with Gasteiger partial charge in [-0.2, -0.15) is 20.1 Å². The lowest BCUT2D eigenvalue weighted by molar-refractivity contribution is -0.0598. The minimum Gasteiger partial charge on any atom is -0.314 e. The number of aromatic nitrogens is 3. The van der Waals surface area contributed by atoms with Gasteiger partial charge in [-0.3, -0.25) is 5.21 Å². The van der Waals surface area contributed by atoms with Gasteiger partial charge in [-0.15, -0.1) is 0 Å². The molecule has 1 fully saturated rings. The van der Waals surface area contributed by atoms with Crippen LogP contribution in [0.25, 0.3) is 0 Å². The molecule has 1 unspecified atom stereocenters. The highest BCUT2D eigenvalue weighted by atomic mass is 16.5. The largest absolute Gasteiger partial charge is 0.344 e. The van der Waals surface area contributed by atoms with Crippen molar-refractivity contribution in [3.05, 3.63) is 11.4 Å². The van der Waals surface area contributed by atoms with Crippen molar-refractivity contribution in [2.24, 2.45) is 7.05 Å². The molecule has 1 N–H and O–H groups in total. The van der Waals surface area contributed by atoms with Gasteiger partial charge in [-0.05, 0) is 0 Å². The lowest BCUT2D eigenvalue weighted by Gasteiger charge is -2.17. The summed E-state index contributed by atoms with van der Waals surface area (Å²) in [5.41, 5.74) is 1.48. The van der Waals surface area contributed by atoms with Crippen LogP contribution in [0.5, 0.6) is 0 Å². The number of carbonyl (C=O) groups excluding carboxylic acids is 1. The van der Waals surface area contributed by atoms with Gasteiger partial charge in [0.15, 0.2) is 0 Å². The molecule has 0 spiro atoms. The molecule has 7 heteroatoms. The van der Waals surface area contributed by atoms with Crippen LogP contribution in [0.2, 0.25) is 0 Å². The van der Waals surface area contributed by atoms with Crippen molar-refractivity contribution < 1.29 is 10.0 Å². The van der Waals surface area contributed by atoms with Gasteiger partial charge < -0.3 is 4.90 Å². The topological polar surface area (TPSA) is 74.5 Å². The number of hydrogen-bond donors (Lipinski definition) is 1.